The molecule has 24 heavy (non-hydrogen) atoms. The summed E-state index contributed by atoms with van der Waals surface area (Å²) in [5.41, 5.74) is 8.56. The first-order chi connectivity index (χ1) is 11.7. The minimum absolute atomic E-state index is 0.375. The van der Waals surface area contributed by atoms with Crippen LogP contribution in [0.1, 0.15) is 15.2 Å². The maximum absolute atomic E-state index is 12.2. The first-order valence-corrected chi connectivity index (χ1v) is 8.87. The average Bonchev–Trinajstić information content (AvgIpc) is 2.97. The summed E-state index contributed by atoms with van der Waals surface area (Å²) in [6, 6.07) is 9.91. The van der Waals surface area contributed by atoms with Crippen LogP contribution < -0.4 is 5.73 Å². The second-order valence-electron chi connectivity index (χ2n) is 5.70. The molecule has 1 fully saturated rings. The number of morpholine rings is 1. The minimum Gasteiger partial charge on any atom is -0.465 e. The monoisotopic (exact) mass is 346 g/mol. The third-order valence-electron chi connectivity index (χ3n) is 4.22. The van der Waals surface area contributed by atoms with Gasteiger partial charge in [0.05, 0.1) is 20.3 Å². The molecule has 3 rings (SSSR count). The molecule has 0 atom stereocenters. The van der Waals surface area contributed by atoms with E-state index in [-0.39, 0.29) is 5.97 Å². The van der Waals surface area contributed by atoms with Gasteiger partial charge < -0.3 is 15.2 Å². The van der Waals surface area contributed by atoms with Gasteiger partial charge in [-0.15, -0.1) is 11.3 Å². The normalized spacial score (nSPS) is 15.4. The predicted molar refractivity (Wildman–Crippen MR) is 96.5 cm³/mol. The van der Waals surface area contributed by atoms with Crippen molar-refractivity contribution in [3.63, 3.8) is 0 Å². The van der Waals surface area contributed by atoms with E-state index in [1.54, 1.807) is 0 Å². The number of thiophene rings is 1. The number of hydrogen-bond acceptors (Lipinski definition) is 6. The van der Waals surface area contributed by atoms with E-state index in [1.165, 1.54) is 18.4 Å². The van der Waals surface area contributed by atoms with Crippen LogP contribution in [0.15, 0.2) is 30.3 Å². The van der Waals surface area contributed by atoms with Crippen molar-refractivity contribution in [2.75, 3.05) is 45.7 Å². The summed E-state index contributed by atoms with van der Waals surface area (Å²) in [6.45, 7) is 4.40. The number of carbonyl (C=O) groups excluding carboxylic acids is 1. The van der Waals surface area contributed by atoms with Gasteiger partial charge in [-0.1, -0.05) is 30.3 Å². The maximum Gasteiger partial charge on any atom is 0.341 e. The molecule has 0 saturated carbocycles. The fraction of sp³-hybridized carbons (Fsp3) is 0.389. The Labute approximate surface area is 146 Å². The molecule has 2 aromatic rings. The number of carbonyl (C=O) groups is 1. The summed E-state index contributed by atoms with van der Waals surface area (Å²) in [7, 11) is 1.39. The first kappa shape index (κ1) is 17.0. The summed E-state index contributed by atoms with van der Waals surface area (Å²) in [4.78, 5) is 15.7. The molecule has 6 heteroatoms. The molecular weight excluding hydrogens is 324 g/mol. The molecule has 1 saturated heterocycles. The molecule has 0 bridgehead atoms. The number of hydrogen-bond donors (Lipinski definition) is 1. The van der Waals surface area contributed by atoms with E-state index in [2.05, 4.69) is 4.90 Å². The fourth-order valence-corrected chi connectivity index (χ4v) is 4.04. The molecule has 128 valence electrons. The second-order valence-corrected chi connectivity index (χ2v) is 6.84. The zero-order valence-electron chi connectivity index (χ0n) is 13.8. The van der Waals surface area contributed by atoms with Gasteiger partial charge in [-0.25, -0.2) is 4.79 Å². The number of benzene rings is 1. The standard InChI is InChI=1S/C18H22N2O3S/c1-22-18(21)16-15(13-5-3-2-4-6-13)14(24-17(16)19)7-8-20-9-11-23-12-10-20/h2-6H,7-12,19H2,1H3. The van der Waals surface area contributed by atoms with Crippen molar-refractivity contribution in [2.24, 2.45) is 0 Å². The number of methoxy groups -OCH3 is 1. The Bertz CT molecular complexity index is 694. The Kier molecular flexibility index (Phi) is 5.50. The third-order valence-corrected chi connectivity index (χ3v) is 5.30. The van der Waals surface area contributed by atoms with Gasteiger partial charge in [0, 0.05) is 30.1 Å². The Balaban J connectivity index is 1.91. The molecule has 0 radical (unpaired) electrons. The van der Waals surface area contributed by atoms with E-state index in [4.69, 9.17) is 15.2 Å². The van der Waals surface area contributed by atoms with Crippen molar-refractivity contribution in [1.82, 2.24) is 4.90 Å². The second kappa shape index (κ2) is 7.79. The number of nitrogens with zero attached hydrogens (tertiary/aromatic N) is 1. The van der Waals surface area contributed by atoms with Gasteiger partial charge in [0.1, 0.15) is 10.6 Å². The highest BCUT2D eigenvalue weighted by molar-refractivity contribution is 7.17. The summed E-state index contributed by atoms with van der Waals surface area (Å²) >= 11 is 1.49. The third kappa shape index (κ3) is 3.61. The van der Waals surface area contributed by atoms with Gasteiger partial charge >= 0.3 is 5.97 Å². The van der Waals surface area contributed by atoms with Crippen molar-refractivity contribution in [3.8, 4) is 11.1 Å². The van der Waals surface area contributed by atoms with E-state index < -0.39 is 0 Å². The van der Waals surface area contributed by atoms with Crippen LogP contribution in [0.5, 0.6) is 0 Å². The number of esters is 1. The van der Waals surface area contributed by atoms with Crippen molar-refractivity contribution in [3.05, 3.63) is 40.8 Å². The molecule has 2 heterocycles. The molecule has 1 aliphatic rings. The molecule has 5 nitrogen and oxygen atoms in total. The van der Waals surface area contributed by atoms with Crippen LogP contribution in [-0.2, 0) is 15.9 Å². The van der Waals surface area contributed by atoms with E-state index >= 15 is 0 Å². The van der Waals surface area contributed by atoms with Crippen molar-refractivity contribution >= 4 is 22.3 Å². The molecular formula is C18H22N2O3S. The maximum atomic E-state index is 12.2. The highest BCUT2D eigenvalue weighted by Gasteiger charge is 2.24. The first-order valence-electron chi connectivity index (χ1n) is 8.05. The van der Waals surface area contributed by atoms with Crippen LogP contribution in [0.4, 0.5) is 5.00 Å². The van der Waals surface area contributed by atoms with E-state index in [0.717, 1.165) is 55.3 Å². The molecule has 1 aliphatic heterocycles. The average molecular weight is 346 g/mol. The summed E-state index contributed by atoms with van der Waals surface area (Å²) in [5, 5.41) is 0.526. The molecule has 2 N–H and O–H groups in total. The molecule has 0 aliphatic carbocycles. The van der Waals surface area contributed by atoms with Gasteiger partial charge in [0.2, 0.25) is 0 Å². The Morgan fingerprint density at radius 1 is 1.29 bits per heavy atom. The van der Waals surface area contributed by atoms with Crippen LogP contribution in [-0.4, -0.2) is 50.8 Å². The molecule has 0 spiro atoms. The zero-order valence-corrected chi connectivity index (χ0v) is 14.6. The van der Waals surface area contributed by atoms with Crippen molar-refractivity contribution in [2.45, 2.75) is 6.42 Å². The van der Waals surface area contributed by atoms with Crippen LogP contribution in [0.3, 0.4) is 0 Å². The molecule has 1 aromatic heterocycles. The summed E-state index contributed by atoms with van der Waals surface area (Å²) in [5.74, 6) is -0.375. The fourth-order valence-electron chi connectivity index (χ4n) is 2.97. The largest absolute Gasteiger partial charge is 0.465 e. The van der Waals surface area contributed by atoms with Crippen LogP contribution >= 0.6 is 11.3 Å². The zero-order chi connectivity index (χ0) is 16.9. The van der Waals surface area contributed by atoms with Gasteiger partial charge in [-0.3, -0.25) is 4.90 Å². The highest BCUT2D eigenvalue weighted by atomic mass is 32.1. The lowest BCUT2D eigenvalue weighted by molar-refractivity contribution is 0.0385. The predicted octanol–water partition coefficient (Wildman–Crippen LogP) is 2.66. The molecule has 0 amide bonds. The molecule has 1 aromatic carbocycles. The van der Waals surface area contributed by atoms with E-state index in [0.29, 0.717) is 10.6 Å². The quantitative estimate of drug-likeness (QED) is 0.843. The van der Waals surface area contributed by atoms with Gasteiger partial charge in [-0.2, -0.15) is 0 Å². The van der Waals surface area contributed by atoms with Crippen LogP contribution in [0.25, 0.3) is 11.1 Å². The van der Waals surface area contributed by atoms with Gasteiger partial charge in [-0.05, 0) is 12.0 Å². The Morgan fingerprint density at radius 2 is 2.00 bits per heavy atom. The summed E-state index contributed by atoms with van der Waals surface area (Å²) < 4.78 is 10.3. The lowest BCUT2D eigenvalue weighted by atomic mass is 10.00. The Morgan fingerprint density at radius 3 is 2.67 bits per heavy atom. The van der Waals surface area contributed by atoms with Crippen molar-refractivity contribution < 1.29 is 14.3 Å². The SMILES string of the molecule is COC(=O)c1c(N)sc(CCN2CCOCC2)c1-c1ccccc1. The summed E-state index contributed by atoms with van der Waals surface area (Å²) in [6.07, 6.45) is 0.857. The lowest BCUT2D eigenvalue weighted by Crippen LogP contribution is -2.37. The molecule has 0 unspecified atom stereocenters. The minimum atomic E-state index is -0.375. The number of rotatable bonds is 5. The lowest BCUT2D eigenvalue weighted by Gasteiger charge is -2.26. The van der Waals surface area contributed by atoms with E-state index in [1.807, 2.05) is 30.3 Å². The van der Waals surface area contributed by atoms with Gasteiger partial charge in [0.25, 0.3) is 0 Å². The topological polar surface area (TPSA) is 64.8 Å². The van der Waals surface area contributed by atoms with Crippen LogP contribution in [0, 0.1) is 0 Å². The number of nitrogens with two attached hydrogens (primary N) is 1. The highest BCUT2D eigenvalue weighted by Crippen LogP contribution is 2.39. The Hall–Kier alpha value is -1.89. The van der Waals surface area contributed by atoms with E-state index in [9.17, 15) is 4.79 Å². The van der Waals surface area contributed by atoms with Gasteiger partial charge in [0.15, 0.2) is 0 Å². The smallest absolute Gasteiger partial charge is 0.341 e. The number of ether oxygens (including phenoxy) is 2. The van der Waals surface area contributed by atoms with Crippen LogP contribution in [0.2, 0.25) is 0 Å². The number of nitrogen functional groups attached to an aromatic ring is 1. The van der Waals surface area contributed by atoms with Crippen molar-refractivity contribution in [1.29, 1.82) is 0 Å². The number of anilines is 1.